The summed E-state index contributed by atoms with van der Waals surface area (Å²) in [6.07, 6.45) is 1.68. The molecule has 1 aromatic heterocycles. The highest BCUT2D eigenvalue weighted by Gasteiger charge is 2.10. The van der Waals surface area contributed by atoms with Gasteiger partial charge in [-0.3, -0.25) is 4.99 Å². The van der Waals surface area contributed by atoms with Gasteiger partial charge in [0, 0.05) is 23.2 Å². The molecule has 3 aromatic rings. The number of rotatable bonds is 3. The van der Waals surface area contributed by atoms with Crippen molar-refractivity contribution in [3.63, 3.8) is 0 Å². The standard InChI is InChI=1S/C17H16N2O2/c1-11-5-3-8-15-16(11)14(17(20)19-15)10-18-12-6-4-7-13(9-12)21-2/h3-10,19-20H,1-2H3. The van der Waals surface area contributed by atoms with Gasteiger partial charge in [-0.05, 0) is 30.7 Å². The SMILES string of the molecule is COc1cccc(N=Cc2c(O)[nH]c3cccc(C)c23)c1. The topological polar surface area (TPSA) is 57.6 Å². The summed E-state index contributed by atoms with van der Waals surface area (Å²) in [5, 5.41) is 11.1. The molecule has 0 unspecified atom stereocenters. The number of aromatic hydroxyl groups is 1. The Labute approximate surface area is 122 Å². The number of nitrogens with one attached hydrogen (secondary N) is 1. The lowest BCUT2D eigenvalue weighted by Gasteiger charge is -2.00. The van der Waals surface area contributed by atoms with Crippen molar-refractivity contribution in [2.45, 2.75) is 6.92 Å². The lowest BCUT2D eigenvalue weighted by molar-refractivity contribution is 0.415. The van der Waals surface area contributed by atoms with Gasteiger partial charge in [-0.15, -0.1) is 0 Å². The molecule has 0 saturated heterocycles. The molecule has 0 aliphatic heterocycles. The number of fused-ring (bicyclic) bond motifs is 1. The van der Waals surface area contributed by atoms with Crippen molar-refractivity contribution in [2.75, 3.05) is 7.11 Å². The van der Waals surface area contributed by atoms with E-state index in [-0.39, 0.29) is 5.88 Å². The first-order valence-electron chi connectivity index (χ1n) is 6.67. The number of aliphatic imine (C=N–C) groups is 1. The molecule has 0 fully saturated rings. The van der Waals surface area contributed by atoms with Gasteiger partial charge in [0.15, 0.2) is 5.88 Å². The van der Waals surface area contributed by atoms with Gasteiger partial charge in [-0.2, -0.15) is 0 Å². The fraction of sp³-hybridized carbons (Fsp3) is 0.118. The number of benzene rings is 2. The molecule has 0 amide bonds. The largest absolute Gasteiger partial charge is 0.497 e. The second kappa shape index (κ2) is 5.32. The van der Waals surface area contributed by atoms with Crippen molar-refractivity contribution in [3.05, 3.63) is 53.6 Å². The van der Waals surface area contributed by atoms with Gasteiger partial charge >= 0.3 is 0 Å². The molecule has 0 spiro atoms. The van der Waals surface area contributed by atoms with Gasteiger partial charge in [0.05, 0.1) is 18.4 Å². The lowest BCUT2D eigenvalue weighted by atomic mass is 10.1. The molecule has 2 N–H and O–H groups in total. The van der Waals surface area contributed by atoms with Crippen molar-refractivity contribution in [2.24, 2.45) is 4.99 Å². The predicted octanol–water partition coefficient (Wildman–Crippen LogP) is 3.94. The average Bonchev–Trinajstić information content (AvgIpc) is 2.82. The Kier molecular flexibility index (Phi) is 3.36. The summed E-state index contributed by atoms with van der Waals surface area (Å²) in [6.45, 7) is 2.01. The van der Waals surface area contributed by atoms with Crippen LogP contribution in [0.25, 0.3) is 10.9 Å². The van der Waals surface area contributed by atoms with Crippen molar-refractivity contribution in [3.8, 4) is 11.6 Å². The zero-order valence-electron chi connectivity index (χ0n) is 11.9. The maximum absolute atomic E-state index is 10.1. The molecular formula is C17H16N2O2. The third kappa shape index (κ3) is 2.48. The van der Waals surface area contributed by atoms with Crippen molar-refractivity contribution >= 4 is 22.8 Å². The second-order valence-electron chi connectivity index (χ2n) is 4.84. The van der Waals surface area contributed by atoms with E-state index in [0.29, 0.717) is 5.56 Å². The number of hydrogen-bond donors (Lipinski definition) is 2. The molecule has 0 aliphatic carbocycles. The van der Waals surface area contributed by atoms with Gasteiger partial charge in [0.2, 0.25) is 0 Å². The summed E-state index contributed by atoms with van der Waals surface area (Å²) >= 11 is 0. The molecular weight excluding hydrogens is 264 g/mol. The first kappa shape index (κ1) is 13.2. The number of H-pyrrole nitrogens is 1. The van der Waals surface area contributed by atoms with Gasteiger partial charge in [-0.1, -0.05) is 18.2 Å². The Hall–Kier alpha value is -2.75. The molecule has 21 heavy (non-hydrogen) atoms. The minimum Gasteiger partial charge on any atom is -0.497 e. The molecule has 0 atom stereocenters. The fourth-order valence-corrected chi connectivity index (χ4v) is 2.40. The highest BCUT2D eigenvalue weighted by molar-refractivity contribution is 6.04. The van der Waals surface area contributed by atoms with Gasteiger partial charge in [-0.25, -0.2) is 0 Å². The van der Waals surface area contributed by atoms with Crippen LogP contribution in [-0.2, 0) is 0 Å². The third-order valence-electron chi connectivity index (χ3n) is 3.45. The summed E-state index contributed by atoms with van der Waals surface area (Å²) in [5.74, 6) is 0.884. The van der Waals surface area contributed by atoms with E-state index < -0.39 is 0 Å². The van der Waals surface area contributed by atoms with Crippen LogP contribution in [0.1, 0.15) is 11.1 Å². The van der Waals surface area contributed by atoms with Gasteiger partial charge in [0.25, 0.3) is 0 Å². The highest BCUT2D eigenvalue weighted by atomic mass is 16.5. The zero-order valence-corrected chi connectivity index (χ0v) is 11.9. The van der Waals surface area contributed by atoms with Crippen LogP contribution < -0.4 is 4.74 Å². The van der Waals surface area contributed by atoms with Gasteiger partial charge < -0.3 is 14.8 Å². The third-order valence-corrected chi connectivity index (χ3v) is 3.45. The molecule has 1 heterocycles. The summed E-state index contributed by atoms with van der Waals surface area (Å²) in [5.41, 5.74) is 3.47. The summed E-state index contributed by atoms with van der Waals surface area (Å²) in [4.78, 5) is 7.39. The first-order chi connectivity index (χ1) is 10.2. The summed E-state index contributed by atoms with van der Waals surface area (Å²) in [7, 11) is 1.62. The normalized spacial score (nSPS) is 11.3. The van der Waals surface area contributed by atoms with Crippen LogP contribution >= 0.6 is 0 Å². The smallest absolute Gasteiger partial charge is 0.198 e. The summed E-state index contributed by atoms with van der Waals surface area (Å²) < 4.78 is 5.18. The van der Waals surface area contributed by atoms with E-state index in [1.165, 1.54) is 0 Å². The van der Waals surface area contributed by atoms with E-state index in [9.17, 15) is 5.11 Å². The Morgan fingerprint density at radius 1 is 1.19 bits per heavy atom. The van der Waals surface area contributed by atoms with E-state index in [0.717, 1.165) is 27.9 Å². The number of aromatic nitrogens is 1. The van der Waals surface area contributed by atoms with Gasteiger partial charge in [0.1, 0.15) is 5.75 Å². The Bertz CT molecular complexity index is 819. The molecule has 4 nitrogen and oxygen atoms in total. The molecule has 2 aromatic carbocycles. The minimum absolute atomic E-state index is 0.131. The Balaban J connectivity index is 2.05. The Morgan fingerprint density at radius 2 is 2.00 bits per heavy atom. The van der Waals surface area contributed by atoms with E-state index in [1.807, 2.05) is 49.4 Å². The van der Waals surface area contributed by atoms with Crippen LogP contribution in [0.15, 0.2) is 47.5 Å². The van der Waals surface area contributed by atoms with Crippen LogP contribution in [0, 0.1) is 6.92 Å². The van der Waals surface area contributed by atoms with E-state index >= 15 is 0 Å². The van der Waals surface area contributed by atoms with Crippen LogP contribution in [0.2, 0.25) is 0 Å². The molecule has 106 valence electrons. The quantitative estimate of drug-likeness (QED) is 0.714. The maximum Gasteiger partial charge on any atom is 0.198 e. The van der Waals surface area contributed by atoms with Crippen LogP contribution in [0.5, 0.6) is 11.6 Å². The number of aryl methyl sites for hydroxylation is 1. The van der Waals surface area contributed by atoms with Crippen LogP contribution in [-0.4, -0.2) is 23.4 Å². The van der Waals surface area contributed by atoms with Crippen molar-refractivity contribution < 1.29 is 9.84 Å². The number of aromatic amines is 1. The maximum atomic E-state index is 10.1. The Morgan fingerprint density at radius 3 is 2.81 bits per heavy atom. The molecule has 4 heteroatoms. The average molecular weight is 280 g/mol. The molecule has 0 bridgehead atoms. The zero-order chi connectivity index (χ0) is 14.8. The van der Waals surface area contributed by atoms with Crippen molar-refractivity contribution in [1.82, 2.24) is 4.98 Å². The molecule has 0 aliphatic rings. The van der Waals surface area contributed by atoms with E-state index in [2.05, 4.69) is 9.98 Å². The number of hydrogen-bond acceptors (Lipinski definition) is 3. The van der Waals surface area contributed by atoms with E-state index in [1.54, 1.807) is 13.3 Å². The molecule has 0 saturated carbocycles. The number of ether oxygens (including phenoxy) is 1. The van der Waals surface area contributed by atoms with Crippen molar-refractivity contribution in [1.29, 1.82) is 0 Å². The molecule has 0 radical (unpaired) electrons. The highest BCUT2D eigenvalue weighted by Crippen LogP contribution is 2.29. The monoisotopic (exact) mass is 280 g/mol. The second-order valence-corrected chi connectivity index (χ2v) is 4.84. The van der Waals surface area contributed by atoms with E-state index in [4.69, 9.17) is 4.74 Å². The lowest BCUT2D eigenvalue weighted by Crippen LogP contribution is -1.83. The predicted molar refractivity (Wildman–Crippen MR) is 84.9 cm³/mol. The van der Waals surface area contributed by atoms with Crippen LogP contribution in [0.3, 0.4) is 0 Å². The molecule has 3 rings (SSSR count). The first-order valence-corrected chi connectivity index (χ1v) is 6.67. The van der Waals surface area contributed by atoms with Crippen LogP contribution in [0.4, 0.5) is 5.69 Å². The summed E-state index contributed by atoms with van der Waals surface area (Å²) in [6, 6.07) is 13.4. The minimum atomic E-state index is 0.131. The fourth-order valence-electron chi connectivity index (χ4n) is 2.40. The number of methoxy groups -OCH3 is 1. The number of nitrogens with zero attached hydrogens (tertiary/aromatic N) is 1.